The first-order chi connectivity index (χ1) is 12.6. The van der Waals surface area contributed by atoms with E-state index >= 15 is 0 Å². The number of halogens is 1. The predicted molar refractivity (Wildman–Crippen MR) is 107 cm³/mol. The van der Waals surface area contributed by atoms with Crippen LogP contribution in [0, 0.1) is 0 Å². The van der Waals surface area contributed by atoms with Crippen molar-refractivity contribution < 1.29 is 14.4 Å². The average molecular weight is 418 g/mol. The molecule has 4 nitrogen and oxygen atoms in total. The van der Waals surface area contributed by atoms with Crippen LogP contribution >= 0.6 is 15.9 Å². The second kappa shape index (κ2) is 11.5. The van der Waals surface area contributed by atoms with Crippen molar-refractivity contribution in [2.45, 2.75) is 37.6 Å². The van der Waals surface area contributed by atoms with Gasteiger partial charge in [-0.25, -0.2) is 4.79 Å². The maximum atomic E-state index is 12.0. The number of carbonyl (C=O) groups excluding carboxylic acids is 1. The summed E-state index contributed by atoms with van der Waals surface area (Å²) in [5, 5.41) is 3.50. The van der Waals surface area contributed by atoms with E-state index in [-0.39, 0.29) is 10.7 Å². The van der Waals surface area contributed by atoms with Crippen molar-refractivity contribution in [1.29, 1.82) is 0 Å². The normalized spacial score (nSPS) is 12.5. The van der Waals surface area contributed by atoms with Gasteiger partial charge < -0.3 is 9.57 Å². The van der Waals surface area contributed by atoms with E-state index in [0.717, 1.165) is 19.3 Å². The second-order valence-electron chi connectivity index (χ2n) is 5.94. The molecule has 1 atom stereocenters. The summed E-state index contributed by atoms with van der Waals surface area (Å²) in [5.74, 6) is -0.469. The smallest absolute Gasteiger partial charge is 0.356 e. The minimum atomic E-state index is -0.469. The standard InChI is InChI=1S/C21H24BrNO3/c1-17(23-25-16-8-13-18-9-4-2-5-10-18)21(24)26-20(22)15-14-19-11-6-3-7-12-19/h2-7,9-12,20H,8,13-16H2,1H3. The number of oxime groups is 1. The van der Waals surface area contributed by atoms with Crippen molar-refractivity contribution in [2.24, 2.45) is 5.16 Å². The van der Waals surface area contributed by atoms with Gasteiger partial charge in [-0.1, -0.05) is 65.8 Å². The highest BCUT2D eigenvalue weighted by molar-refractivity contribution is 9.09. The summed E-state index contributed by atoms with van der Waals surface area (Å²) in [6.45, 7) is 2.06. The van der Waals surface area contributed by atoms with Gasteiger partial charge in [-0.15, -0.1) is 0 Å². The van der Waals surface area contributed by atoms with Gasteiger partial charge in [0, 0.05) is 0 Å². The van der Waals surface area contributed by atoms with Crippen molar-refractivity contribution in [2.75, 3.05) is 6.61 Å². The van der Waals surface area contributed by atoms with Gasteiger partial charge in [0.25, 0.3) is 0 Å². The molecule has 0 aliphatic carbocycles. The van der Waals surface area contributed by atoms with E-state index in [2.05, 4.69) is 45.4 Å². The molecule has 0 fully saturated rings. The number of nitrogens with zero attached hydrogens (tertiary/aromatic N) is 1. The fraction of sp³-hybridized carbons (Fsp3) is 0.333. The van der Waals surface area contributed by atoms with Crippen molar-refractivity contribution in [1.82, 2.24) is 0 Å². The zero-order valence-electron chi connectivity index (χ0n) is 14.9. The lowest BCUT2D eigenvalue weighted by Gasteiger charge is -2.11. The highest BCUT2D eigenvalue weighted by Gasteiger charge is 2.14. The van der Waals surface area contributed by atoms with Gasteiger partial charge in [0.1, 0.15) is 6.61 Å². The summed E-state index contributed by atoms with van der Waals surface area (Å²) in [6, 6.07) is 20.3. The van der Waals surface area contributed by atoms with E-state index in [1.54, 1.807) is 6.92 Å². The summed E-state index contributed by atoms with van der Waals surface area (Å²) < 4.78 is 5.33. The molecular weight excluding hydrogens is 394 g/mol. The summed E-state index contributed by atoms with van der Waals surface area (Å²) in [4.78, 5) is 17.2. The largest absolute Gasteiger partial charge is 0.446 e. The van der Waals surface area contributed by atoms with Crippen LogP contribution in [-0.4, -0.2) is 23.3 Å². The number of hydrogen-bond acceptors (Lipinski definition) is 4. The third kappa shape index (κ3) is 7.83. The molecule has 1 unspecified atom stereocenters. The molecule has 138 valence electrons. The second-order valence-corrected chi connectivity index (χ2v) is 6.96. The third-order valence-corrected chi connectivity index (χ3v) is 4.42. The first-order valence-electron chi connectivity index (χ1n) is 8.74. The summed E-state index contributed by atoms with van der Waals surface area (Å²) in [7, 11) is 0. The molecule has 2 aromatic carbocycles. The lowest BCUT2D eigenvalue weighted by atomic mass is 10.1. The van der Waals surface area contributed by atoms with Crippen LogP contribution in [0.5, 0.6) is 0 Å². The van der Waals surface area contributed by atoms with Crippen LogP contribution in [0.3, 0.4) is 0 Å². The topological polar surface area (TPSA) is 47.9 Å². The molecule has 0 spiro atoms. The van der Waals surface area contributed by atoms with Crippen LogP contribution in [0.2, 0.25) is 0 Å². The SMILES string of the molecule is CC(=NOCCCc1ccccc1)C(=O)OC(Br)CCc1ccccc1. The first-order valence-corrected chi connectivity index (χ1v) is 9.66. The van der Waals surface area contributed by atoms with Crippen LogP contribution in [0.4, 0.5) is 0 Å². The highest BCUT2D eigenvalue weighted by Crippen LogP contribution is 2.13. The van der Waals surface area contributed by atoms with Gasteiger partial charge >= 0.3 is 5.97 Å². The van der Waals surface area contributed by atoms with Crippen molar-refractivity contribution >= 4 is 27.6 Å². The van der Waals surface area contributed by atoms with Gasteiger partial charge in [0.2, 0.25) is 0 Å². The molecule has 0 radical (unpaired) electrons. The summed E-state index contributed by atoms with van der Waals surface area (Å²) in [5.41, 5.74) is 2.69. The van der Waals surface area contributed by atoms with Crippen LogP contribution in [0.25, 0.3) is 0 Å². The predicted octanol–water partition coefficient (Wildman–Crippen LogP) is 4.91. The number of carbonyl (C=O) groups is 1. The minimum Gasteiger partial charge on any atom is -0.446 e. The van der Waals surface area contributed by atoms with Crippen LogP contribution in [0.15, 0.2) is 65.8 Å². The fourth-order valence-electron chi connectivity index (χ4n) is 2.35. The van der Waals surface area contributed by atoms with Crippen LogP contribution < -0.4 is 0 Å². The Bertz CT molecular complexity index is 689. The Hall–Kier alpha value is -2.14. The number of alkyl halides is 1. The molecule has 2 rings (SSSR count). The van der Waals surface area contributed by atoms with Gasteiger partial charge in [-0.2, -0.15) is 0 Å². The van der Waals surface area contributed by atoms with E-state index in [0.29, 0.717) is 13.0 Å². The Morgan fingerprint density at radius 1 is 1.00 bits per heavy atom. The quantitative estimate of drug-likeness (QED) is 0.181. The molecule has 0 amide bonds. The maximum absolute atomic E-state index is 12.0. The molecule has 26 heavy (non-hydrogen) atoms. The zero-order chi connectivity index (χ0) is 18.6. The van der Waals surface area contributed by atoms with Crippen molar-refractivity contribution in [3.63, 3.8) is 0 Å². The van der Waals surface area contributed by atoms with Crippen molar-refractivity contribution in [3.8, 4) is 0 Å². The number of ether oxygens (including phenoxy) is 1. The van der Waals surface area contributed by atoms with Gasteiger partial charge in [0.15, 0.2) is 10.7 Å². The summed E-state index contributed by atoms with van der Waals surface area (Å²) >= 11 is 3.38. The molecule has 0 saturated carbocycles. The maximum Gasteiger partial charge on any atom is 0.356 e. The minimum absolute atomic E-state index is 0.217. The molecule has 2 aromatic rings. The zero-order valence-corrected chi connectivity index (χ0v) is 16.5. The Balaban J connectivity index is 1.63. The highest BCUT2D eigenvalue weighted by atomic mass is 79.9. The van der Waals surface area contributed by atoms with E-state index in [1.165, 1.54) is 11.1 Å². The molecule has 0 aliphatic rings. The van der Waals surface area contributed by atoms with Crippen LogP contribution in [-0.2, 0) is 27.2 Å². The Labute approximate surface area is 163 Å². The summed E-state index contributed by atoms with van der Waals surface area (Å²) in [6.07, 6.45) is 3.29. The Morgan fingerprint density at radius 3 is 2.19 bits per heavy atom. The number of benzene rings is 2. The van der Waals surface area contributed by atoms with Gasteiger partial charge in [-0.05, 0) is 59.7 Å². The fourth-order valence-corrected chi connectivity index (χ4v) is 2.75. The van der Waals surface area contributed by atoms with E-state index in [4.69, 9.17) is 9.57 Å². The van der Waals surface area contributed by atoms with E-state index in [1.807, 2.05) is 36.4 Å². The first kappa shape index (κ1) is 20.2. The van der Waals surface area contributed by atoms with E-state index < -0.39 is 5.97 Å². The number of rotatable bonds is 10. The molecule has 0 aliphatic heterocycles. The lowest BCUT2D eigenvalue weighted by Crippen LogP contribution is -2.20. The molecule has 0 aromatic heterocycles. The number of aryl methyl sites for hydroxylation is 2. The average Bonchev–Trinajstić information content (AvgIpc) is 2.67. The van der Waals surface area contributed by atoms with Gasteiger partial charge in [-0.3, -0.25) is 0 Å². The third-order valence-electron chi connectivity index (χ3n) is 3.78. The monoisotopic (exact) mass is 417 g/mol. The lowest BCUT2D eigenvalue weighted by molar-refractivity contribution is -0.137. The number of esters is 1. The van der Waals surface area contributed by atoms with E-state index in [9.17, 15) is 4.79 Å². The number of hydrogen-bond donors (Lipinski definition) is 0. The molecule has 5 heteroatoms. The molecule has 0 N–H and O–H groups in total. The molecule has 0 heterocycles. The molecular formula is C21H24BrNO3. The Kier molecular flexibility index (Phi) is 8.90. The van der Waals surface area contributed by atoms with Crippen LogP contribution in [0.1, 0.15) is 30.9 Å². The van der Waals surface area contributed by atoms with Gasteiger partial charge in [0.05, 0.1) is 0 Å². The Morgan fingerprint density at radius 2 is 1.58 bits per heavy atom. The molecule has 0 saturated heterocycles. The van der Waals surface area contributed by atoms with Crippen molar-refractivity contribution in [3.05, 3.63) is 71.8 Å². The molecule has 0 bridgehead atoms.